The number of hydrogen-bond acceptors (Lipinski definition) is 6. The predicted octanol–water partition coefficient (Wildman–Crippen LogP) is 3.46. The van der Waals surface area contributed by atoms with Crippen molar-refractivity contribution in [2.75, 3.05) is 38.1 Å². The Labute approximate surface area is 216 Å². The van der Waals surface area contributed by atoms with Gasteiger partial charge in [0.2, 0.25) is 0 Å². The number of nitrogens with zero attached hydrogens (tertiary/aromatic N) is 1. The number of rotatable bonds is 8. The van der Waals surface area contributed by atoms with Crippen LogP contribution in [0.1, 0.15) is 39.2 Å². The molecule has 0 saturated carbocycles. The molecule has 4 rings (SSSR count). The van der Waals surface area contributed by atoms with Crippen LogP contribution in [0.4, 0.5) is 5.69 Å². The van der Waals surface area contributed by atoms with Crippen LogP contribution in [-0.4, -0.2) is 58.5 Å². The van der Waals surface area contributed by atoms with Gasteiger partial charge in [-0.1, -0.05) is 42.5 Å². The van der Waals surface area contributed by atoms with E-state index >= 15 is 0 Å². The molecule has 0 radical (unpaired) electrons. The topological polar surface area (TPSA) is 114 Å². The van der Waals surface area contributed by atoms with Gasteiger partial charge in [0.25, 0.3) is 21.8 Å². The number of methoxy groups -OCH3 is 1. The lowest BCUT2D eigenvalue weighted by Crippen LogP contribution is -2.40. The van der Waals surface area contributed by atoms with E-state index in [1.54, 1.807) is 23.1 Å². The molecule has 1 aliphatic rings. The second-order valence-electron chi connectivity index (χ2n) is 8.52. The molecule has 194 valence electrons. The fourth-order valence-corrected chi connectivity index (χ4v) is 5.14. The van der Waals surface area contributed by atoms with Crippen LogP contribution in [-0.2, 0) is 14.8 Å². The molecule has 1 fully saturated rings. The van der Waals surface area contributed by atoms with Crippen molar-refractivity contribution in [3.63, 3.8) is 0 Å². The number of morpholine rings is 1. The van der Waals surface area contributed by atoms with Gasteiger partial charge in [0.15, 0.2) is 0 Å². The number of anilines is 1. The molecule has 10 heteroatoms. The van der Waals surface area contributed by atoms with Crippen LogP contribution >= 0.6 is 0 Å². The van der Waals surface area contributed by atoms with E-state index in [2.05, 4.69) is 10.0 Å². The van der Waals surface area contributed by atoms with Crippen LogP contribution in [0.25, 0.3) is 0 Å². The molecule has 0 bridgehead atoms. The number of sulfonamides is 1. The fraction of sp³-hybridized carbons (Fsp3) is 0.259. The van der Waals surface area contributed by atoms with E-state index in [4.69, 9.17) is 9.47 Å². The maximum Gasteiger partial charge on any atom is 0.261 e. The Morgan fingerprint density at radius 2 is 1.62 bits per heavy atom. The lowest BCUT2D eigenvalue weighted by atomic mass is 10.1. The first-order valence-corrected chi connectivity index (χ1v) is 13.3. The first-order chi connectivity index (χ1) is 17.8. The van der Waals surface area contributed by atoms with Crippen molar-refractivity contribution in [3.8, 4) is 5.75 Å². The average Bonchev–Trinajstić information content (AvgIpc) is 2.93. The highest BCUT2D eigenvalue weighted by Crippen LogP contribution is 2.27. The zero-order valence-corrected chi connectivity index (χ0v) is 21.5. The summed E-state index contributed by atoms with van der Waals surface area (Å²) >= 11 is 0. The van der Waals surface area contributed by atoms with Gasteiger partial charge in [-0.2, -0.15) is 0 Å². The number of nitrogens with one attached hydrogen (secondary N) is 2. The summed E-state index contributed by atoms with van der Waals surface area (Å²) in [6.45, 7) is 3.48. The Bertz CT molecular complexity index is 1370. The zero-order valence-electron chi connectivity index (χ0n) is 20.6. The number of carbonyl (C=O) groups is 2. The summed E-state index contributed by atoms with van der Waals surface area (Å²) in [5.41, 5.74) is 1.35. The van der Waals surface area contributed by atoms with E-state index in [0.29, 0.717) is 26.3 Å². The van der Waals surface area contributed by atoms with Crippen LogP contribution in [0.3, 0.4) is 0 Å². The maximum atomic E-state index is 13.3. The number of benzene rings is 3. The Morgan fingerprint density at radius 1 is 0.946 bits per heavy atom. The number of ether oxygens (including phenoxy) is 2. The number of para-hydroxylation sites is 1. The summed E-state index contributed by atoms with van der Waals surface area (Å²) in [7, 11) is -2.72. The Morgan fingerprint density at radius 3 is 2.32 bits per heavy atom. The Balaban J connectivity index is 1.58. The van der Waals surface area contributed by atoms with Gasteiger partial charge in [-0.25, -0.2) is 8.42 Å². The number of carbonyl (C=O) groups excluding carboxylic acids is 2. The van der Waals surface area contributed by atoms with E-state index < -0.39 is 15.9 Å². The zero-order chi connectivity index (χ0) is 26.4. The van der Waals surface area contributed by atoms with Gasteiger partial charge in [-0.15, -0.1) is 0 Å². The summed E-state index contributed by atoms with van der Waals surface area (Å²) in [4.78, 5) is 27.6. The molecule has 0 aromatic heterocycles. The first-order valence-electron chi connectivity index (χ1n) is 11.8. The smallest absolute Gasteiger partial charge is 0.261 e. The quantitative estimate of drug-likeness (QED) is 0.468. The molecule has 2 N–H and O–H groups in total. The van der Waals surface area contributed by atoms with Crippen LogP contribution in [0.5, 0.6) is 5.75 Å². The first kappa shape index (κ1) is 26.2. The molecule has 2 amide bonds. The molecule has 1 aliphatic heterocycles. The molecule has 3 aromatic carbocycles. The van der Waals surface area contributed by atoms with E-state index in [-0.39, 0.29) is 39.4 Å². The highest BCUT2D eigenvalue weighted by molar-refractivity contribution is 7.92. The van der Waals surface area contributed by atoms with Crippen molar-refractivity contribution in [2.24, 2.45) is 0 Å². The van der Waals surface area contributed by atoms with Gasteiger partial charge in [0.1, 0.15) is 5.75 Å². The van der Waals surface area contributed by atoms with Gasteiger partial charge in [-0.3, -0.25) is 14.3 Å². The number of hydrogen-bond donors (Lipinski definition) is 2. The van der Waals surface area contributed by atoms with Crippen LogP contribution in [0, 0.1) is 0 Å². The molecule has 1 saturated heterocycles. The van der Waals surface area contributed by atoms with Gasteiger partial charge in [-0.05, 0) is 42.8 Å². The van der Waals surface area contributed by atoms with Crippen molar-refractivity contribution in [3.05, 3.63) is 89.5 Å². The Hall–Kier alpha value is -3.89. The summed E-state index contributed by atoms with van der Waals surface area (Å²) < 4.78 is 39.8. The molecule has 37 heavy (non-hydrogen) atoms. The summed E-state index contributed by atoms with van der Waals surface area (Å²) in [5.74, 6) is -0.496. The molecule has 1 atom stereocenters. The third-order valence-corrected chi connectivity index (χ3v) is 7.44. The normalized spacial score (nSPS) is 14.5. The molecular formula is C27H29N3O6S. The molecular weight excluding hydrogens is 494 g/mol. The van der Waals surface area contributed by atoms with Gasteiger partial charge >= 0.3 is 0 Å². The molecule has 9 nitrogen and oxygen atoms in total. The van der Waals surface area contributed by atoms with E-state index in [0.717, 1.165) is 5.56 Å². The van der Waals surface area contributed by atoms with E-state index in [1.165, 1.54) is 31.4 Å². The van der Waals surface area contributed by atoms with Gasteiger partial charge in [0, 0.05) is 13.1 Å². The largest absolute Gasteiger partial charge is 0.496 e. The summed E-state index contributed by atoms with van der Waals surface area (Å²) in [6, 6.07) is 19.6. The van der Waals surface area contributed by atoms with Crippen molar-refractivity contribution in [1.82, 2.24) is 10.2 Å². The van der Waals surface area contributed by atoms with Crippen molar-refractivity contribution < 1.29 is 27.5 Å². The second kappa shape index (κ2) is 11.4. The van der Waals surface area contributed by atoms with Crippen molar-refractivity contribution in [1.29, 1.82) is 0 Å². The third kappa shape index (κ3) is 6.10. The van der Waals surface area contributed by atoms with Crippen LogP contribution in [0.2, 0.25) is 0 Å². The lowest BCUT2D eigenvalue weighted by Gasteiger charge is -2.27. The highest BCUT2D eigenvalue weighted by atomic mass is 32.2. The van der Waals surface area contributed by atoms with Crippen LogP contribution in [0.15, 0.2) is 77.7 Å². The SMILES string of the molecule is COc1ccc(S(=O)(=O)Nc2ccccc2C(=O)N[C@@H](C)c2ccccc2)cc1C(=O)N1CCOCC1. The highest BCUT2D eigenvalue weighted by Gasteiger charge is 2.26. The third-order valence-electron chi connectivity index (χ3n) is 6.07. The van der Waals surface area contributed by atoms with Crippen molar-refractivity contribution in [2.45, 2.75) is 17.9 Å². The molecule has 0 aliphatic carbocycles. The van der Waals surface area contributed by atoms with Gasteiger partial charge in [0.05, 0.1) is 48.1 Å². The fourth-order valence-electron chi connectivity index (χ4n) is 4.03. The standard InChI is InChI=1S/C27H29N3O6S/c1-19(20-8-4-3-5-9-20)28-26(31)22-10-6-7-11-24(22)29-37(33,34)21-12-13-25(35-2)23(18-21)27(32)30-14-16-36-17-15-30/h3-13,18-19,29H,14-17H2,1-2H3,(H,28,31)/t19-/m0/s1. The van der Waals surface area contributed by atoms with Crippen LogP contribution < -0.4 is 14.8 Å². The maximum absolute atomic E-state index is 13.3. The minimum atomic E-state index is -4.14. The second-order valence-corrected chi connectivity index (χ2v) is 10.2. The van der Waals surface area contributed by atoms with Crippen molar-refractivity contribution >= 4 is 27.5 Å². The molecule has 0 unspecified atom stereocenters. The Kier molecular flexibility index (Phi) is 8.10. The van der Waals surface area contributed by atoms with E-state index in [9.17, 15) is 18.0 Å². The monoisotopic (exact) mass is 523 g/mol. The van der Waals surface area contributed by atoms with Gasteiger partial charge < -0.3 is 19.7 Å². The van der Waals surface area contributed by atoms with E-state index in [1.807, 2.05) is 37.3 Å². The lowest BCUT2D eigenvalue weighted by molar-refractivity contribution is 0.0300. The minimum absolute atomic E-state index is 0.122. The average molecular weight is 524 g/mol. The molecule has 1 heterocycles. The summed E-state index contributed by atoms with van der Waals surface area (Å²) in [6.07, 6.45) is 0. The summed E-state index contributed by atoms with van der Waals surface area (Å²) in [5, 5.41) is 2.90. The molecule has 3 aromatic rings. The predicted molar refractivity (Wildman–Crippen MR) is 139 cm³/mol. The minimum Gasteiger partial charge on any atom is -0.496 e. The number of amides is 2. The molecule has 0 spiro atoms.